The van der Waals surface area contributed by atoms with Crippen LogP contribution in [0.25, 0.3) is 0 Å². The number of methoxy groups -OCH3 is 1. The summed E-state index contributed by atoms with van der Waals surface area (Å²) in [7, 11) is 1.68. The summed E-state index contributed by atoms with van der Waals surface area (Å²) < 4.78 is 13.0. The van der Waals surface area contributed by atoms with Crippen LogP contribution < -0.4 is 4.74 Å². The van der Waals surface area contributed by atoms with Crippen molar-refractivity contribution in [2.45, 2.75) is 33.0 Å². The lowest BCUT2D eigenvalue weighted by molar-refractivity contribution is 0.0418. The number of benzene rings is 1. The van der Waals surface area contributed by atoms with Gasteiger partial charge in [0.05, 0.1) is 19.8 Å². The van der Waals surface area contributed by atoms with Gasteiger partial charge in [-0.2, -0.15) is 0 Å². The third-order valence-electron chi connectivity index (χ3n) is 2.80. The molecule has 1 rings (SSSR count). The van der Waals surface area contributed by atoms with Crippen molar-refractivity contribution >= 4 is 22.6 Å². The molecule has 0 aromatic heterocycles. The van der Waals surface area contributed by atoms with Crippen LogP contribution in [0.1, 0.15) is 25.8 Å². The van der Waals surface area contributed by atoms with Crippen molar-refractivity contribution in [2.75, 3.05) is 7.11 Å². The molecule has 0 spiro atoms. The van der Waals surface area contributed by atoms with E-state index in [4.69, 9.17) is 9.47 Å². The van der Waals surface area contributed by atoms with E-state index in [2.05, 4.69) is 46.6 Å². The molecule has 0 saturated heterocycles. The van der Waals surface area contributed by atoms with E-state index in [1.165, 1.54) is 5.56 Å². The molecule has 100 valence electrons. The number of allylic oxidation sites excluding steroid dienone is 1. The predicted molar refractivity (Wildman–Crippen MR) is 84.2 cm³/mol. The van der Waals surface area contributed by atoms with Crippen molar-refractivity contribution in [1.82, 2.24) is 0 Å². The lowest BCUT2D eigenvalue weighted by Crippen LogP contribution is -2.11. The minimum absolute atomic E-state index is 0.273. The number of hydrogen-bond acceptors (Lipinski definition) is 2. The standard InChI is InChI=1S/C15H21IO2/c1-12(8-9-16)10-13(2)18-11-14-4-6-15(17-3)7-5-14/h4-9,12-13H,10-11H2,1-3H3/b9-8+/t12-,13-/m0/s1. The second-order valence-corrected chi connectivity index (χ2v) is 5.22. The van der Waals surface area contributed by atoms with Crippen LogP contribution in [0, 0.1) is 5.92 Å². The van der Waals surface area contributed by atoms with Gasteiger partial charge in [0.25, 0.3) is 0 Å². The molecule has 2 nitrogen and oxygen atoms in total. The quantitative estimate of drug-likeness (QED) is 0.663. The highest BCUT2D eigenvalue weighted by atomic mass is 127. The first-order valence-corrected chi connectivity index (χ1v) is 7.41. The lowest BCUT2D eigenvalue weighted by atomic mass is 10.1. The summed E-state index contributed by atoms with van der Waals surface area (Å²) in [5, 5.41) is 0. The Hall–Kier alpha value is -0.550. The summed E-state index contributed by atoms with van der Waals surface area (Å²) in [6, 6.07) is 8.01. The molecule has 2 atom stereocenters. The third-order valence-corrected chi connectivity index (χ3v) is 3.21. The minimum Gasteiger partial charge on any atom is -0.497 e. The Bertz CT molecular complexity index is 359. The molecule has 0 saturated carbocycles. The van der Waals surface area contributed by atoms with E-state index in [1.807, 2.05) is 24.3 Å². The fourth-order valence-electron chi connectivity index (χ4n) is 1.75. The maximum absolute atomic E-state index is 5.84. The average molecular weight is 360 g/mol. The van der Waals surface area contributed by atoms with Gasteiger partial charge in [-0.1, -0.05) is 47.7 Å². The highest BCUT2D eigenvalue weighted by Crippen LogP contribution is 2.15. The van der Waals surface area contributed by atoms with E-state index in [9.17, 15) is 0 Å². The molecule has 0 radical (unpaired) electrons. The Balaban J connectivity index is 2.35. The molecule has 0 fully saturated rings. The zero-order chi connectivity index (χ0) is 13.4. The first-order chi connectivity index (χ1) is 8.65. The lowest BCUT2D eigenvalue weighted by Gasteiger charge is -2.15. The van der Waals surface area contributed by atoms with Gasteiger partial charge in [-0.15, -0.1) is 0 Å². The largest absolute Gasteiger partial charge is 0.497 e. The van der Waals surface area contributed by atoms with Crippen LogP contribution in [0.4, 0.5) is 0 Å². The Labute approximate surface area is 124 Å². The van der Waals surface area contributed by atoms with Gasteiger partial charge < -0.3 is 9.47 Å². The molecule has 1 aromatic rings. The summed E-state index contributed by atoms with van der Waals surface area (Å²) in [4.78, 5) is 0. The summed E-state index contributed by atoms with van der Waals surface area (Å²) >= 11 is 2.25. The molecular weight excluding hydrogens is 339 g/mol. The van der Waals surface area contributed by atoms with E-state index in [0.717, 1.165) is 12.2 Å². The molecule has 18 heavy (non-hydrogen) atoms. The molecule has 0 N–H and O–H groups in total. The van der Waals surface area contributed by atoms with Gasteiger partial charge in [-0.05, 0) is 41.0 Å². The molecule has 0 aliphatic heterocycles. The van der Waals surface area contributed by atoms with E-state index >= 15 is 0 Å². The van der Waals surface area contributed by atoms with E-state index in [1.54, 1.807) is 7.11 Å². The van der Waals surface area contributed by atoms with Crippen molar-refractivity contribution < 1.29 is 9.47 Å². The molecule has 0 heterocycles. The summed E-state index contributed by atoms with van der Waals surface area (Å²) in [5.74, 6) is 1.44. The fourth-order valence-corrected chi connectivity index (χ4v) is 2.46. The zero-order valence-corrected chi connectivity index (χ0v) is 13.4. The van der Waals surface area contributed by atoms with Crippen LogP contribution in [0.2, 0.25) is 0 Å². The topological polar surface area (TPSA) is 18.5 Å². The predicted octanol–water partition coefficient (Wildman–Crippen LogP) is 4.58. The molecular formula is C15H21IO2. The first-order valence-electron chi connectivity index (χ1n) is 6.17. The van der Waals surface area contributed by atoms with Gasteiger partial charge in [-0.25, -0.2) is 0 Å². The SMILES string of the molecule is COc1ccc(CO[C@@H](C)C[C@@H](C)/C=C/I)cc1. The van der Waals surface area contributed by atoms with Crippen LogP contribution in [-0.4, -0.2) is 13.2 Å². The van der Waals surface area contributed by atoms with Crippen LogP contribution in [0.5, 0.6) is 5.75 Å². The number of hydrogen-bond donors (Lipinski definition) is 0. The van der Waals surface area contributed by atoms with E-state index in [0.29, 0.717) is 12.5 Å². The molecule has 0 unspecified atom stereocenters. The Morgan fingerprint density at radius 3 is 2.44 bits per heavy atom. The molecule has 0 amide bonds. The third kappa shape index (κ3) is 5.87. The zero-order valence-electron chi connectivity index (χ0n) is 11.2. The van der Waals surface area contributed by atoms with Gasteiger partial charge >= 0.3 is 0 Å². The molecule has 0 aliphatic rings. The molecule has 0 aliphatic carbocycles. The van der Waals surface area contributed by atoms with E-state index < -0.39 is 0 Å². The van der Waals surface area contributed by atoms with Crippen molar-refractivity contribution in [3.05, 3.63) is 40.0 Å². The normalized spacial score (nSPS) is 14.7. The Kier molecular flexibility index (Phi) is 7.35. The summed E-state index contributed by atoms with van der Waals surface area (Å²) in [6.07, 6.45) is 3.53. The van der Waals surface area contributed by atoms with Gasteiger partial charge in [0, 0.05) is 0 Å². The van der Waals surface area contributed by atoms with E-state index in [-0.39, 0.29) is 6.10 Å². The average Bonchev–Trinajstić information content (AvgIpc) is 2.37. The Morgan fingerprint density at radius 2 is 1.89 bits per heavy atom. The van der Waals surface area contributed by atoms with Crippen molar-refractivity contribution in [2.24, 2.45) is 5.92 Å². The van der Waals surface area contributed by atoms with Crippen molar-refractivity contribution in [3.63, 3.8) is 0 Å². The second kappa shape index (κ2) is 8.53. The molecule has 1 aromatic carbocycles. The molecule has 0 bridgehead atoms. The van der Waals surface area contributed by atoms with Crippen molar-refractivity contribution in [1.29, 1.82) is 0 Å². The minimum atomic E-state index is 0.273. The van der Waals surface area contributed by atoms with Crippen LogP contribution >= 0.6 is 22.6 Å². The number of halogens is 1. The smallest absolute Gasteiger partial charge is 0.118 e. The fraction of sp³-hybridized carbons (Fsp3) is 0.467. The van der Waals surface area contributed by atoms with Gasteiger partial charge in [0.15, 0.2) is 0 Å². The highest BCUT2D eigenvalue weighted by molar-refractivity contribution is 14.1. The number of rotatable bonds is 7. The van der Waals surface area contributed by atoms with Gasteiger partial charge in [-0.3, -0.25) is 0 Å². The van der Waals surface area contributed by atoms with Crippen molar-refractivity contribution in [3.8, 4) is 5.75 Å². The maximum Gasteiger partial charge on any atom is 0.118 e. The molecule has 3 heteroatoms. The maximum atomic E-state index is 5.84. The summed E-state index contributed by atoms with van der Waals surface area (Å²) in [5.41, 5.74) is 1.18. The van der Waals surface area contributed by atoms with Crippen LogP contribution in [-0.2, 0) is 11.3 Å². The van der Waals surface area contributed by atoms with Crippen LogP contribution in [0.15, 0.2) is 34.4 Å². The monoisotopic (exact) mass is 360 g/mol. The summed E-state index contributed by atoms with van der Waals surface area (Å²) in [6.45, 7) is 5.00. The highest BCUT2D eigenvalue weighted by Gasteiger charge is 2.07. The first kappa shape index (κ1) is 15.5. The van der Waals surface area contributed by atoms with Crippen LogP contribution in [0.3, 0.4) is 0 Å². The Morgan fingerprint density at radius 1 is 1.22 bits per heavy atom. The number of ether oxygens (including phenoxy) is 2. The van der Waals surface area contributed by atoms with Gasteiger partial charge in [0.2, 0.25) is 0 Å². The van der Waals surface area contributed by atoms with Gasteiger partial charge in [0.1, 0.15) is 5.75 Å². The second-order valence-electron chi connectivity index (χ2n) is 4.50.